The van der Waals surface area contributed by atoms with Gasteiger partial charge in [-0.1, -0.05) is 19.9 Å². The number of ether oxygens (including phenoxy) is 1. The fourth-order valence-corrected chi connectivity index (χ4v) is 6.07. The number of rotatable bonds is 4. The zero-order valence-corrected chi connectivity index (χ0v) is 12.6. The van der Waals surface area contributed by atoms with Crippen molar-refractivity contribution in [2.24, 2.45) is 5.92 Å². The third-order valence-electron chi connectivity index (χ3n) is 3.73. The van der Waals surface area contributed by atoms with E-state index in [4.69, 9.17) is 4.74 Å². The van der Waals surface area contributed by atoms with Gasteiger partial charge in [-0.25, -0.2) is 0 Å². The van der Waals surface area contributed by atoms with Gasteiger partial charge in [0.2, 0.25) is 0 Å². The second-order valence-electron chi connectivity index (χ2n) is 5.42. The molecule has 0 aromatic carbocycles. The molecule has 0 saturated carbocycles. The Hall–Kier alpha value is 0.400. The zero-order valence-electron chi connectivity index (χ0n) is 11.0. The van der Waals surface area contributed by atoms with Gasteiger partial charge in [-0.05, 0) is 43.1 Å². The van der Waals surface area contributed by atoms with Crippen molar-refractivity contribution in [1.82, 2.24) is 0 Å². The van der Waals surface area contributed by atoms with Gasteiger partial charge < -0.3 is 4.74 Å². The highest BCUT2D eigenvalue weighted by Gasteiger charge is 2.47. The van der Waals surface area contributed by atoms with Gasteiger partial charge in [0, 0.05) is 0 Å². The molecule has 0 aromatic rings. The summed E-state index contributed by atoms with van der Waals surface area (Å²) in [5.74, 6) is 3.23. The molecule has 0 unspecified atom stereocenters. The predicted octanol–water partition coefficient (Wildman–Crippen LogP) is 4.33. The first kappa shape index (κ1) is 13.8. The van der Waals surface area contributed by atoms with Crippen LogP contribution in [-0.4, -0.2) is 27.8 Å². The fraction of sp³-hybridized carbons (Fsp3) is 0.857. The Labute approximate surface area is 114 Å². The molecule has 0 spiro atoms. The minimum absolute atomic E-state index is 0.0758. The van der Waals surface area contributed by atoms with E-state index < -0.39 is 0 Å². The molecule has 2 saturated heterocycles. The van der Waals surface area contributed by atoms with Crippen molar-refractivity contribution >= 4 is 23.5 Å². The van der Waals surface area contributed by atoms with Crippen LogP contribution in [0.25, 0.3) is 0 Å². The maximum Gasteiger partial charge on any atom is 0.0930 e. The summed E-state index contributed by atoms with van der Waals surface area (Å²) in [5, 5.41) is 0. The lowest BCUT2D eigenvalue weighted by molar-refractivity contribution is -0.0453. The predicted molar refractivity (Wildman–Crippen MR) is 79.8 cm³/mol. The Morgan fingerprint density at radius 2 is 2.12 bits per heavy atom. The van der Waals surface area contributed by atoms with Crippen LogP contribution in [0.1, 0.15) is 39.5 Å². The Balaban J connectivity index is 2.07. The van der Waals surface area contributed by atoms with Gasteiger partial charge in [0.15, 0.2) is 0 Å². The Morgan fingerprint density at radius 3 is 2.65 bits per heavy atom. The first-order valence-corrected chi connectivity index (χ1v) is 8.79. The molecule has 2 heterocycles. The minimum atomic E-state index is 0.0758. The van der Waals surface area contributed by atoms with Crippen molar-refractivity contribution in [2.75, 3.05) is 11.5 Å². The molecular weight excluding hydrogens is 248 g/mol. The van der Waals surface area contributed by atoms with Crippen LogP contribution in [0, 0.1) is 5.92 Å². The second-order valence-corrected chi connectivity index (χ2v) is 8.15. The summed E-state index contributed by atoms with van der Waals surface area (Å²) in [4.78, 5) is 0. The SMILES string of the molecule is C=CC[C@@]1(C2SCCCS2)CC[C@H](C(C)C)O1. The van der Waals surface area contributed by atoms with E-state index in [1.54, 1.807) is 0 Å². The van der Waals surface area contributed by atoms with Crippen LogP contribution < -0.4 is 0 Å². The highest BCUT2D eigenvalue weighted by molar-refractivity contribution is 8.17. The highest BCUT2D eigenvalue weighted by Crippen LogP contribution is 2.49. The van der Waals surface area contributed by atoms with E-state index in [-0.39, 0.29) is 5.60 Å². The van der Waals surface area contributed by atoms with Gasteiger partial charge >= 0.3 is 0 Å². The molecule has 2 atom stereocenters. The average molecular weight is 272 g/mol. The lowest BCUT2D eigenvalue weighted by Gasteiger charge is -2.38. The molecule has 2 aliphatic heterocycles. The van der Waals surface area contributed by atoms with Crippen LogP contribution in [0.15, 0.2) is 12.7 Å². The average Bonchev–Trinajstić information content (AvgIpc) is 2.77. The standard InChI is InChI=1S/C14H24OS2/c1-4-7-14(13-16-9-5-10-17-13)8-6-12(15-14)11(2)3/h4,11-13H,1,5-10H2,2-3H3/t12-,14+/m1/s1. The topological polar surface area (TPSA) is 9.23 Å². The van der Waals surface area contributed by atoms with Crippen LogP contribution in [-0.2, 0) is 4.74 Å². The van der Waals surface area contributed by atoms with Crippen LogP contribution in [0.5, 0.6) is 0 Å². The maximum atomic E-state index is 6.48. The van der Waals surface area contributed by atoms with E-state index in [1.165, 1.54) is 30.8 Å². The first-order valence-electron chi connectivity index (χ1n) is 6.70. The van der Waals surface area contributed by atoms with Crippen molar-refractivity contribution in [3.63, 3.8) is 0 Å². The van der Waals surface area contributed by atoms with E-state index >= 15 is 0 Å². The molecule has 3 heteroatoms. The van der Waals surface area contributed by atoms with Gasteiger partial charge in [0.25, 0.3) is 0 Å². The first-order chi connectivity index (χ1) is 8.18. The van der Waals surface area contributed by atoms with E-state index in [0.29, 0.717) is 16.6 Å². The van der Waals surface area contributed by atoms with Crippen LogP contribution >= 0.6 is 23.5 Å². The van der Waals surface area contributed by atoms with Crippen molar-refractivity contribution in [2.45, 2.75) is 55.8 Å². The molecule has 2 fully saturated rings. The lowest BCUT2D eigenvalue weighted by atomic mass is 9.96. The Kier molecular flexibility index (Phi) is 4.90. The summed E-state index contributed by atoms with van der Waals surface area (Å²) in [5.41, 5.74) is 0.0758. The van der Waals surface area contributed by atoms with E-state index in [9.17, 15) is 0 Å². The number of hydrogen-bond donors (Lipinski definition) is 0. The molecule has 1 nitrogen and oxygen atoms in total. The Morgan fingerprint density at radius 1 is 1.41 bits per heavy atom. The van der Waals surface area contributed by atoms with Gasteiger partial charge in [0.1, 0.15) is 0 Å². The van der Waals surface area contributed by atoms with Gasteiger partial charge in [0.05, 0.1) is 16.3 Å². The molecule has 0 amide bonds. The van der Waals surface area contributed by atoms with Gasteiger partial charge in [-0.15, -0.1) is 30.1 Å². The van der Waals surface area contributed by atoms with Crippen LogP contribution in [0.2, 0.25) is 0 Å². The summed E-state index contributed by atoms with van der Waals surface area (Å²) in [6, 6.07) is 0. The Bertz CT molecular complexity index is 261. The van der Waals surface area contributed by atoms with Gasteiger partial charge in [-0.3, -0.25) is 0 Å². The highest BCUT2D eigenvalue weighted by atomic mass is 32.2. The third-order valence-corrected chi connectivity index (χ3v) is 7.06. The van der Waals surface area contributed by atoms with Crippen LogP contribution in [0.4, 0.5) is 0 Å². The van der Waals surface area contributed by atoms with Crippen molar-refractivity contribution in [1.29, 1.82) is 0 Å². The van der Waals surface area contributed by atoms with E-state index in [2.05, 4.69) is 50.0 Å². The summed E-state index contributed by atoms with van der Waals surface area (Å²) < 4.78 is 7.10. The van der Waals surface area contributed by atoms with Gasteiger partial charge in [-0.2, -0.15) is 0 Å². The molecule has 0 bridgehead atoms. The molecule has 2 rings (SSSR count). The summed E-state index contributed by atoms with van der Waals surface area (Å²) in [6.07, 6.45) is 7.32. The molecule has 98 valence electrons. The van der Waals surface area contributed by atoms with E-state index in [0.717, 1.165) is 6.42 Å². The smallest absolute Gasteiger partial charge is 0.0930 e. The normalized spacial score (nSPS) is 35.4. The molecule has 0 N–H and O–H groups in total. The molecular formula is C14H24OS2. The number of thioether (sulfide) groups is 2. The fourth-order valence-electron chi connectivity index (χ4n) is 2.73. The van der Waals surface area contributed by atoms with Crippen molar-refractivity contribution in [3.8, 4) is 0 Å². The molecule has 0 radical (unpaired) electrons. The van der Waals surface area contributed by atoms with Crippen LogP contribution in [0.3, 0.4) is 0 Å². The lowest BCUT2D eigenvalue weighted by Crippen LogP contribution is -2.40. The molecule has 17 heavy (non-hydrogen) atoms. The second kappa shape index (κ2) is 6.03. The molecule has 2 aliphatic rings. The van der Waals surface area contributed by atoms with Crippen molar-refractivity contribution < 1.29 is 4.74 Å². The summed E-state index contributed by atoms with van der Waals surface area (Å²) in [6.45, 7) is 8.48. The maximum absolute atomic E-state index is 6.48. The third kappa shape index (κ3) is 3.05. The van der Waals surface area contributed by atoms with E-state index in [1.807, 2.05) is 0 Å². The number of hydrogen-bond acceptors (Lipinski definition) is 3. The summed E-state index contributed by atoms with van der Waals surface area (Å²) >= 11 is 4.21. The molecule has 0 aromatic heterocycles. The summed E-state index contributed by atoms with van der Waals surface area (Å²) in [7, 11) is 0. The largest absolute Gasteiger partial charge is 0.369 e. The van der Waals surface area contributed by atoms with Crippen molar-refractivity contribution in [3.05, 3.63) is 12.7 Å². The molecule has 0 aliphatic carbocycles. The quantitative estimate of drug-likeness (QED) is 0.705. The monoisotopic (exact) mass is 272 g/mol. The zero-order chi connectivity index (χ0) is 12.3. The minimum Gasteiger partial charge on any atom is -0.369 e.